The summed E-state index contributed by atoms with van der Waals surface area (Å²) in [5.74, 6) is 0. The van der Waals surface area contributed by atoms with E-state index in [-0.39, 0.29) is 0 Å². The fourth-order valence-corrected chi connectivity index (χ4v) is 5.71. The number of hydrogen-bond donors (Lipinski definition) is 0. The Morgan fingerprint density at radius 3 is 0.881 bits per heavy atom. The average molecular weight is 593 g/mol. The van der Waals surface area contributed by atoms with Crippen LogP contribution in [0.25, 0.3) is 0 Å². The van der Waals surface area contributed by atoms with Crippen LogP contribution in [-0.4, -0.2) is 19.4 Å². The van der Waals surface area contributed by atoms with E-state index in [1.54, 1.807) is 0 Å². The van der Waals surface area contributed by atoms with Crippen molar-refractivity contribution >= 4 is 6.16 Å². The second-order valence-corrected chi connectivity index (χ2v) is 12.9. The molecule has 250 valence electrons. The molecule has 42 heavy (non-hydrogen) atoms. The van der Waals surface area contributed by atoms with Crippen molar-refractivity contribution in [1.29, 1.82) is 0 Å². The molecular formula is C39H76O3. The largest absolute Gasteiger partial charge is 0.508 e. The number of carbonyl (C=O) groups is 1. The van der Waals surface area contributed by atoms with Crippen LogP contribution in [0, 0.1) is 0 Å². The summed E-state index contributed by atoms with van der Waals surface area (Å²) in [6.45, 7) is 5.58. The lowest BCUT2D eigenvalue weighted by molar-refractivity contribution is 0.0529. The van der Waals surface area contributed by atoms with Crippen LogP contribution in [0.15, 0.2) is 12.2 Å². The molecule has 0 aliphatic rings. The van der Waals surface area contributed by atoms with Gasteiger partial charge in [0.15, 0.2) is 0 Å². The fraction of sp³-hybridized carbons (Fsp3) is 0.923. The van der Waals surface area contributed by atoms with Gasteiger partial charge in [-0.3, -0.25) is 0 Å². The molecule has 0 aliphatic heterocycles. The molecule has 0 aliphatic carbocycles. The van der Waals surface area contributed by atoms with Gasteiger partial charge in [-0.05, 0) is 38.5 Å². The first-order valence-electron chi connectivity index (χ1n) is 19.3. The van der Waals surface area contributed by atoms with Gasteiger partial charge in [0.25, 0.3) is 0 Å². The Morgan fingerprint density at radius 2 is 0.595 bits per heavy atom. The molecule has 0 saturated carbocycles. The van der Waals surface area contributed by atoms with E-state index in [2.05, 4.69) is 26.0 Å². The van der Waals surface area contributed by atoms with Crippen LogP contribution >= 0.6 is 0 Å². The van der Waals surface area contributed by atoms with Crippen LogP contribution in [0.4, 0.5) is 4.79 Å². The molecule has 0 N–H and O–H groups in total. The van der Waals surface area contributed by atoms with Crippen LogP contribution in [0.1, 0.15) is 219 Å². The van der Waals surface area contributed by atoms with Gasteiger partial charge in [-0.2, -0.15) is 0 Å². The molecule has 0 spiro atoms. The molecule has 0 aromatic rings. The summed E-state index contributed by atoms with van der Waals surface area (Å²) >= 11 is 0. The number of hydrogen-bond acceptors (Lipinski definition) is 3. The zero-order valence-electron chi connectivity index (χ0n) is 28.9. The second-order valence-electron chi connectivity index (χ2n) is 12.9. The molecule has 0 rings (SSSR count). The van der Waals surface area contributed by atoms with Crippen molar-refractivity contribution in [3.8, 4) is 0 Å². The third kappa shape index (κ3) is 37.0. The van der Waals surface area contributed by atoms with Crippen molar-refractivity contribution < 1.29 is 14.3 Å². The third-order valence-corrected chi connectivity index (χ3v) is 8.59. The van der Waals surface area contributed by atoms with E-state index >= 15 is 0 Å². The topological polar surface area (TPSA) is 35.5 Å². The summed E-state index contributed by atoms with van der Waals surface area (Å²) in [7, 11) is 0. The fourth-order valence-electron chi connectivity index (χ4n) is 5.71. The summed E-state index contributed by atoms with van der Waals surface area (Å²) in [6, 6.07) is 0. The highest BCUT2D eigenvalue weighted by Crippen LogP contribution is 2.14. The first-order valence-corrected chi connectivity index (χ1v) is 19.3. The lowest BCUT2D eigenvalue weighted by Crippen LogP contribution is -2.09. The highest BCUT2D eigenvalue weighted by atomic mass is 16.7. The summed E-state index contributed by atoms with van der Waals surface area (Å²) < 4.78 is 10.5. The molecular weight excluding hydrogens is 516 g/mol. The molecule has 3 heteroatoms. The summed E-state index contributed by atoms with van der Waals surface area (Å²) in [4.78, 5) is 11.7. The van der Waals surface area contributed by atoms with Gasteiger partial charge in [-0.15, -0.1) is 0 Å². The first kappa shape index (κ1) is 41.0. The number of ether oxygens (including phenoxy) is 2. The molecule has 0 aromatic heterocycles. The first-order chi connectivity index (χ1) is 20.8. The zero-order chi connectivity index (χ0) is 30.4. The summed E-state index contributed by atoms with van der Waals surface area (Å²) in [5.41, 5.74) is 0. The van der Waals surface area contributed by atoms with Crippen molar-refractivity contribution in [2.75, 3.05) is 13.2 Å². The molecule has 0 radical (unpaired) electrons. The van der Waals surface area contributed by atoms with E-state index in [1.165, 1.54) is 180 Å². The maximum absolute atomic E-state index is 11.7. The van der Waals surface area contributed by atoms with Crippen LogP contribution in [-0.2, 0) is 9.47 Å². The van der Waals surface area contributed by atoms with Gasteiger partial charge >= 0.3 is 6.16 Å². The van der Waals surface area contributed by atoms with E-state index in [0.29, 0.717) is 13.2 Å². The van der Waals surface area contributed by atoms with E-state index in [4.69, 9.17) is 9.47 Å². The average Bonchev–Trinajstić information content (AvgIpc) is 3.00. The lowest BCUT2D eigenvalue weighted by atomic mass is 10.0. The van der Waals surface area contributed by atoms with Crippen LogP contribution in [0.5, 0.6) is 0 Å². The zero-order valence-corrected chi connectivity index (χ0v) is 28.9. The van der Waals surface area contributed by atoms with Gasteiger partial charge in [-0.1, -0.05) is 193 Å². The minimum Gasteiger partial charge on any atom is -0.434 e. The monoisotopic (exact) mass is 593 g/mol. The van der Waals surface area contributed by atoms with Gasteiger partial charge in [0.05, 0.1) is 13.2 Å². The van der Waals surface area contributed by atoms with Crippen molar-refractivity contribution in [2.45, 2.75) is 219 Å². The molecule has 0 fully saturated rings. The number of allylic oxidation sites excluding steroid dienone is 2. The Hall–Kier alpha value is -0.990. The van der Waals surface area contributed by atoms with Crippen molar-refractivity contribution in [3.63, 3.8) is 0 Å². The van der Waals surface area contributed by atoms with Gasteiger partial charge in [0.1, 0.15) is 0 Å². The summed E-state index contributed by atoms with van der Waals surface area (Å²) in [5, 5.41) is 0. The quantitative estimate of drug-likeness (QED) is 0.0417. The third-order valence-electron chi connectivity index (χ3n) is 8.59. The van der Waals surface area contributed by atoms with E-state index in [0.717, 1.165) is 25.7 Å². The minimum absolute atomic E-state index is 0.474. The molecule has 0 amide bonds. The maximum atomic E-state index is 11.7. The highest BCUT2D eigenvalue weighted by Gasteiger charge is 2.03. The van der Waals surface area contributed by atoms with Crippen LogP contribution in [0.2, 0.25) is 0 Å². The minimum atomic E-state index is -0.474. The SMILES string of the molecule is CCCCCCCCC=CCCCCCCCCCCCCOC(=O)OCCCCCCCCCCCCCCCC. The van der Waals surface area contributed by atoms with E-state index in [9.17, 15) is 4.79 Å². The predicted octanol–water partition coefficient (Wildman–Crippen LogP) is 14.2. The lowest BCUT2D eigenvalue weighted by Gasteiger charge is -2.07. The maximum Gasteiger partial charge on any atom is 0.508 e. The second kappa shape index (κ2) is 38.0. The Bertz CT molecular complexity index is 530. The van der Waals surface area contributed by atoms with E-state index < -0.39 is 6.16 Å². The molecule has 0 saturated heterocycles. The Balaban J connectivity index is 3.17. The van der Waals surface area contributed by atoms with Crippen molar-refractivity contribution in [2.24, 2.45) is 0 Å². The van der Waals surface area contributed by atoms with Gasteiger partial charge in [-0.25, -0.2) is 4.79 Å². The standard InChI is InChI=1S/C39H76O3/c1-3-5-7-9-11-13-15-17-19-20-21-22-23-24-26-28-30-32-34-36-38-42-39(40)41-37-35-33-31-29-27-25-18-16-14-12-10-8-6-4-2/h17,19H,3-16,18,20-38H2,1-2H3. The molecule has 0 bridgehead atoms. The highest BCUT2D eigenvalue weighted by molar-refractivity contribution is 5.59. The normalized spacial score (nSPS) is 11.5. The van der Waals surface area contributed by atoms with Gasteiger partial charge in [0.2, 0.25) is 0 Å². The van der Waals surface area contributed by atoms with Gasteiger partial charge in [0, 0.05) is 0 Å². The van der Waals surface area contributed by atoms with Gasteiger partial charge < -0.3 is 9.47 Å². The molecule has 0 unspecified atom stereocenters. The number of unbranched alkanes of at least 4 members (excludes halogenated alkanes) is 29. The number of rotatable bonds is 35. The molecule has 0 heterocycles. The Kier molecular flexibility index (Phi) is 37.1. The van der Waals surface area contributed by atoms with Crippen LogP contribution in [0.3, 0.4) is 0 Å². The number of carbonyl (C=O) groups excluding carboxylic acids is 1. The van der Waals surface area contributed by atoms with E-state index in [1.807, 2.05) is 0 Å². The van der Waals surface area contributed by atoms with Crippen LogP contribution < -0.4 is 0 Å². The van der Waals surface area contributed by atoms with Crippen molar-refractivity contribution in [1.82, 2.24) is 0 Å². The molecule has 3 nitrogen and oxygen atoms in total. The van der Waals surface area contributed by atoms with Crippen molar-refractivity contribution in [3.05, 3.63) is 12.2 Å². The smallest absolute Gasteiger partial charge is 0.434 e. The molecule has 0 atom stereocenters. The summed E-state index contributed by atoms with van der Waals surface area (Å²) in [6.07, 6.45) is 46.9. The molecule has 0 aromatic carbocycles. The Labute approximate surface area is 264 Å². The predicted molar refractivity (Wildman–Crippen MR) is 186 cm³/mol. The Morgan fingerprint density at radius 1 is 0.357 bits per heavy atom.